The minimum atomic E-state index is -0.192. The molecule has 0 bridgehead atoms. The number of carbonyl (C=O) groups excluding carboxylic acids is 1. The van der Waals surface area contributed by atoms with Crippen LogP contribution in [0.15, 0.2) is 41.0 Å². The molecule has 3 aromatic rings. The van der Waals surface area contributed by atoms with Crippen molar-refractivity contribution in [2.45, 2.75) is 51.0 Å². The van der Waals surface area contributed by atoms with Gasteiger partial charge in [0.25, 0.3) is 5.91 Å². The number of hydrogen-bond donors (Lipinski definition) is 1. The number of fused-ring (bicyclic) bond motifs is 2. The highest BCUT2D eigenvalue weighted by atomic mass is 32.1. The Morgan fingerprint density at radius 2 is 1.85 bits per heavy atom. The van der Waals surface area contributed by atoms with Gasteiger partial charge in [-0.1, -0.05) is 12.5 Å². The molecule has 1 aliphatic carbocycles. The van der Waals surface area contributed by atoms with E-state index in [-0.39, 0.29) is 18.7 Å². The van der Waals surface area contributed by atoms with E-state index in [1.165, 1.54) is 53.7 Å². The molecule has 2 aromatic heterocycles. The van der Waals surface area contributed by atoms with Crippen molar-refractivity contribution in [3.8, 4) is 11.5 Å². The van der Waals surface area contributed by atoms with Crippen molar-refractivity contribution in [3.63, 3.8) is 0 Å². The smallest absolute Gasteiger partial charge is 0.291 e. The molecule has 1 aromatic carbocycles. The molecule has 2 aliphatic heterocycles. The van der Waals surface area contributed by atoms with Gasteiger partial charge in [-0.25, -0.2) is 0 Å². The third-order valence-electron chi connectivity index (χ3n) is 6.93. The first-order valence-corrected chi connectivity index (χ1v) is 12.7. The van der Waals surface area contributed by atoms with E-state index in [0.29, 0.717) is 5.76 Å². The summed E-state index contributed by atoms with van der Waals surface area (Å²) in [7, 11) is 0. The first-order valence-electron chi connectivity index (χ1n) is 11.9. The zero-order valence-corrected chi connectivity index (χ0v) is 19.4. The van der Waals surface area contributed by atoms with Crippen LogP contribution in [0, 0.1) is 0 Å². The van der Waals surface area contributed by atoms with Crippen LogP contribution in [0.1, 0.15) is 70.3 Å². The number of nitrogens with zero attached hydrogens (tertiary/aromatic N) is 1. The zero-order valence-electron chi connectivity index (χ0n) is 18.6. The monoisotopic (exact) mass is 464 g/mol. The first kappa shape index (κ1) is 20.8. The zero-order chi connectivity index (χ0) is 22.2. The number of ether oxygens (including phenoxy) is 2. The SMILES string of the molecule is O=C(Nc1sc2c(c1[C@@H](c1ccc3c(c1)OCO3)N1CCCCC1)CCCC2)c1ccco1. The van der Waals surface area contributed by atoms with Gasteiger partial charge in [0, 0.05) is 10.4 Å². The van der Waals surface area contributed by atoms with Gasteiger partial charge in [0.2, 0.25) is 6.79 Å². The Morgan fingerprint density at radius 1 is 1.00 bits per heavy atom. The third-order valence-corrected chi connectivity index (χ3v) is 8.15. The number of likely N-dealkylation sites (tertiary alicyclic amines) is 1. The third kappa shape index (κ3) is 3.93. The number of anilines is 1. The lowest BCUT2D eigenvalue weighted by atomic mass is 9.88. The molecule has 0 saturated carbocycles. The fraction of sp³-hybridized carbons (Fsp3) is 0.423. The summed E-state index contributed by atoms with van der Waals surface area (Å²) in [6, 6.07) is 9.85. The van der Waals surface area contributed by atoms with E-state index in [1.54, 1.807) is 29.7 Å². The number of benzene rings is 1. The number of piperidine rings is 1. The van der Waals surface area contributed by atoms with Gasteiger partial charge in [0.1, 0.15) is 5.00 Å². The standard InChI is InChI=1S/C26H28N2O4S/c29-25(20-8-6-14-30-20)27-26-23(18-7-2-3-9-22(18)33-26)24(28-12-4-1-5-13-28)17-10-11-19-21(15-17)32-16-31-19/h6,8,10-11,14-15,24H,1-5,7,9,12-13,16H2,(H,27,29)/t24-/m1/s1. The number of rotatable bonds is 5. The Morgan fingerprint density at radius 3 is 2.70 bits per heavy atom. The van der Waals surface area contributed by atoms with Crippen molar-refractivity contribution in [1.82, 2.24) is 4.90 Å². The fourth-order valence-electron chi connectivity index (χ4n) is 5.36. The van der Waals surface area contributed by atoms with Crippen LogP contribution in [-0.2, 0) is 12.8 Å². The highest BCUT2D eigenvalue weighted by Gasteiger charge is 2.33. The van der Waals surface area contributed by atoms with Crippen LogP contribution in [0.4, 0.5) is 5.00 Å². The van der Waals surface area contributed by atoms with Crippen LogP contribution in [0.25, 0.3) is 0 Å². The van der Waals surface area contributed by atoms with Gasteiger partial charge < -0.3 is 19.2 Å². The van der Waals surface area contributed by atoms with Crippen molar-refractivity contribution >= 4 is 22.2 Å². The van der Waals surface area contributed by atoms with E-state index < -0.39 is 0 Å². The van der Waals surface area contributed by atoms with E-state index in [0.717, 1.165) is 42.4 Å². The van der Waals surface area contributed by atoms with Crippen LogP contribution in [0.2, 0.25) is 0 Å². The number of nitrogens with one attached hydrogen (secondary N) is 1. The van der Waals surface area contributed by atoms with E-state index >= 15 is 0 Å². The molecule has 3 aliphatic rings. The van der Waals surface area contributed by atoms with Crippen LogP contribution >= 0.6 is 11.3 Å². The molecule has 7 heteroatoms. The minimum Gasteiger partial charge on any atom is -0.459 e. The van der Waals surface area contributed by atoms with Crippen molar-refractivity contribution in [2.24, 2.45) is 0 Å². The van der Waals surface area contributed by atoms with E-state index in [9.17, 15) is 4.79 Å². The Balaban J connectivity index is 1.46. The van der Waals surface area contributed by atoms with Crippen molar-refractivity contribution < 1.29 is 18.7 Å². The second kappa shape index (κ2) is 8.88. The fourth-order valence-corrected chi connectivity index (χ4v) is 6.68. The molecule has 4 heterocycles. The van der Waals surface area contributed by atoms with Crippen molar-refractivity contribution in [2.75, 3.05) is 25.2 Å². The maximum atomic E-state index is 13.0. The van der Waals surface area contributed by atoms with Crippen LogP contribution in [0.3, 0.4) is 0 Å². The molecule has 6 rings (SSSR count). The van der Waals surface area contributed by atoms with Gasteiger partial charge in [-0.15, -0.1) is 11.3 Å². The second-order valence-corrected chi connectivity index (χ2v) is 10.1. The average molecular weight is 465 g/mol. The topological polar surface area (TPSA) is 63.9 Å². The highest BCUT2D eigenvalue weighted by Crippen LogP contribution is 2.47. The normalized spacial score (nSPS) is 18.7. The number of carbonyl (C=O) groups is 1. The van der Waals surface area contributed by atoms with Crippen LogP contribution in [-0.4, -0.2) is 30.7 Å². The lowest BCUT2D eigenvalue weighted by Gasteiger charge is -2.36. The first-order chi connectivity index (χ1) is 16.3. The van der Waals surface area contributed by atoms with Gasteiger partial charge in [0.15, 0.2) is 17.3 Å². The number of amides is 1. The molecule has 172 valence electrons. The largest absolute Gasteiger partial charge is 0.459 e. The predicted molar refractivity (Wildman–Crippen MR) is 127 cm³/mol. The molecule has 0 unspecified atom stereocenters. The predicted octanol–water partition coefficient (Wildman–Crippen LogP) is 5.78. The molecular formula is C26H28N2O4S. The molecule has 6 nitrogen and oxygen atoms in total. The minimum absolute atomic E-state index is 0.0739. The van der Waals surface area contributed by atoms with Gasteiger partial charge in [-0.2, -0.15) is 0 Å². The van der Waals surface area contributed by atoms with Crippen molar-refractivity contribution in [3.05, 3.63) is 63.9 Å². The molecule has 1 N–H and O–H groups in total. The summed E-state index contributed by atoms with van der Waals surface area (Å²) in [6.45, 7) is 2.37. The Bertz CT molecular complexity index is 1150. The summed E-state index contributed by atoms with van der Waals surface area (Å²) in [5, 5.41) is 4.17. The average Bonchev–Trinajstić information content (AvgIpc) is 3.60. The Hall–Kier alpha value is -2.77. The molecule has 0 spiro atoms. The Kier molecular flexibility index (Phi) is 5.60. The summed E-state index contributed by atoms with van der Waals surface area (Å²) >= 11 is 1.74. The van der Waals surface area contributed by atoms with Gasteiger partial charge in [-0.3, -0.25) is 9.69 Å². The van der Waals surface area contributed by atoms with E-state index in [2.05, 4.69) is 22.3 Å². The molecule has 1 atom stereocenters. The highest BCUT2D eigenvalue weighted by molar-refractivity contribution is 7.16. The number of thiophene rings is 1. The maximum Gasteiger partial charge on any atom is 0.291 e. The van der Waals surface area contributed by atoms with Gasteiger partial charge in [0.05, 0.1) is 12.3 Å². The molecule has 1 saturated heterocycles. The molecule has 0 radical (unpaired) electrons. The lowest BCUT2D eigenvalue weighted by molar-refractivity contribution is 0.0996. The summed E-state index contributed by atoms with van der Waals surface area (Å²) in [4.78, 5) is 17.0. The second-order valence-electron chi connectivity index (χ2n) is 9.00. The number of hydrogen-bond acceptors (Lipinski definition) is 6. The van der Waals surface area contributed by atoms with Crippen molar-refractivity contribution in [1.29, 1.82) is 0 Å². The Labute approximate surface area is 197 Å². The molecule has 1 amide bonds. The molecule has 1 fully saturated rings. The quantitative estimate of drug-likeness (QED) is 0.519. The maximum absolute atomic E-state index is 13.0. The summed E-state index contributed by atoms with van der Waals surface area (Å²) in [5.74, 6) is 1.75. The number of aryl methyl sites for hydroxylation is 1. The van der Waals surface area contributed by atoms with Crippen LogP contribution < -0.4 is 14.8 Å². The molecule has 33 heavy (non-hydrogen) atoms. The van der Waals surface area contributed by atoms with E-state index in [4.69, 9.17) is 13.9 Å². The molecular weight excluding hydrogens is 436 g/mol. The summed E-state index contributed by atoms with van der Waals surface area (Å²) < 4.78 is 16.7. The lowest BCUT2D eigenvalue weighted by Crippen LogP contribution is -2.35. The van der Waals surface area contributed by atoms with Gasteiger partial charge >= 0.3 is 0 Å². The van der Waals surface area contributed by atoms with Crippen LogP contribution in [0.5, 0.6) is 11.5 Å². The summed E-state index contributed by atoms with van der Waals surface area (Å²) in [6.07, 6.45) is 9.74. The van der Waals surface area contributed by atoms with Gasteiger partial charge in [-0.05, 0) is 87.0 Å². The summed E-state index contributed by atoms with van der Waals surface area (Å²) in [5.41, 5.74) is 3.88. The number of furan rings is 1. The van der Waals surface area contributed by atoms with E-state index in [1.807, 2.05) is 6.07 Å².